The molecule has 0 aliphatic carbocycles. The van der Waals surface area contributed by atoms with Crippen LogP contribution in [0.1, 0.15) is 6.92 Å². The first-order valence-corrected chi connectivity index (χ1v) is 4.88. The first-order chi connectivity index (χ1) is 7.20. The highest BCUT2D eigenvalue weighted by Gasteiger charge is 1.77. The van der Waals surface area contributed by atoms with Crippen molar-refractivity contribution < 1.29 is 0 Å². The molecule has 0 bridgehead atoms. The molecule has 0 fully saturated rings. The standard InChI is InChI=1S/C7H9N.C7H10/c1-8-7-5-3-2-4-6-7;1-4-5-6-7(2)3/h2-6,8H,1H3;4-6H,1-2H2,3H3/b;6-5-. The fourth-order valence-electron chi connectivity index (χ4n) is 0.837. The Morgan fingerprint density at radius 3 is 2.13 bits per heavy atom. The Labute approximate surface area is 92.8 Å². The minimum absolute atomic E-state index is 1.06. The molecule has 0 amide bonds. The fraction of sp³-hybridized carbons (Fsp3) is 0.143. The molecule has 0 spiro atoms. The summed E-state index contributed by atoms with van der Waals surface area (Å²) in [4.78, 5) is 0. The van der Waals surface area contributed by atoms with Crippen LogP contribution in [0.25, 0.3) is 0 Å². The van der Waals surface area contributed by atoms with E-state index in [1.54, 1.807) is 6.08 Å². The van der Waals surface area contributed by atoms with Crippen molar-refractivity contribution in [2.24, 2.45) is 0 Å². The summed E-state index contributed by atoms with van der Waals surface area (Å²) < 4.78 is 0. The van der Waals surface area contributed by atoms with Gasteiger partial charge in [0, 0.05) is 12.7 Å². The number of allylic oxidation sites excluding steroid dienone is 4. The van der Waals surface area contributed by atoms with Gasteiger partial charge in [0.2, 0.25) is 0 Å². The Morgan fingerprint density at radius 2 is 1.87 bits per heavy atom. The molecule has 0 saturated heterocycles. The van der Waals surface area contributed by atoms with Crippen molar-refractivity contribution in [1.82, 2.24) is 0 Å². The summed E-state index contributed by atoms with van der Waals surface area (Å²) in [6, 6.07) is 10.1. The molecular weight excluding hydrogens is 182 g/mol. The van der Waals surface area contributed by atoms with Crippen molar-refractivity contribution in [1.29, 1.82) is 0 Å². The number of hydrogen-bond acceptors (Lipinski definition) is 1. The third-order valence-electron chi connectivity index (χ3n) is 1.58. The van der Waals surface area contributed by atoms with Gasteiger partial charge >= 0.3 is 0 Å². The third-order valence-corrected chi connectivity index (χ3v) is 1.58. The van der Waals surface area contributed by atoms with E-state index in [-0.39, 0.29) is 0 Å². The molecule has 1 aromatic carbocycles. The van der Waals surface area contributed by atoms with Gasteiger partial charge in [-0.25, -0.2) is 0 Å². The Bertz CT molecular complexity index is 309. The molecule has 0 radical (unpaired) electrons. The van der Waals surface area contributed by atoms with E-state index in [1.165, 1.54) is 0 Å². The predicted molar refractivity (Wildman–Crippen MR) is 70.1 cm³/mol. The Kier molecular flexibility index (Phi) is 7.79. The van der Waals surface area contributed by atoms with Crippen LogP contribution in [0, 0.1) is 0 Å². The maximum Gasteiger partial charge on any atom is 0.0337 e. The number of benzene rings is 1. The Balaban J connectivity index is 0.000000265. The molecule has 80 valence electrons. The molecule has 0 atom stereocenters. The molecule has 0 aliphatic rings. The van der Waals surface area contributed by atoms with Gasteiger partial charge in [-0.3, -0.25) is 0 Å². The lowest BCUT2D eigenvalue weighted by atomic mass is 10.3. The second-order valence-electron chi connectivity index (χ2n) is 3.06. The summed E-state index contributed by atoms with van der Waals surface area (Å²) in [6.07, 6.45) is 5.50. The average molecular weight is 201 g/mol. The third kappa shape index (κ3) is 8.57. The van der Waals surface area contributed by atoms with E-state index in [0.717, 1.165) is 11.3 Å². The zero-order valence-corrected chi connectivity index (χ0v) is 9.53. The lowest BCUT2D eigenvalue weighted by Gasteiger charge is -1.94. The molecule has 0 heterocycles. The van der Waals surface area contributed by atoms with Crippen LogP contribution in [0.15, 0.2) is 67.3 Å². The lowest BCUT2D eigenvalue weighted by molar-refractivity contribution is 1.51. The number of anilines is 1. The van der Waals surface area contributed by atoms with Gasteiger partial charge in [-0.15, -0.1) is 0 Å². The minimum Gasteiger partial charge on any atom is -0.388 e. The van der Waals surface area contributed by atoms with E-state index in [1.807, 2.05) is 56.5 Å². The van der Waals surface area contributed by atoms with E-state index >= 15 is 0 Å². The smallest absolute Gasteiger partial charge is 0.0337 e. The summed E-state index contributed by atoms with van der Waals surface area (Å²) in [6.45, 7) is 9.11. The summed E-state index contributed by atoms with van der Waals surface area (Å²) in [7, 11) is 1.91. The molecule has 0 aliphatic heterocycles. The molecule has 1 heteroatoms. The maximum absolute atomic E-state index is 3.66. The second kappa shape index (κ2) is 8.82. The van der Waals surface area contributed by atoms with Gasteiger partial charge in [0.15, 0.2) is 0 Å². The van der Waals surface area contributed by atoms with Gasteiger partial charge in [-0.2, -0.15) is 0 Å². The highest BCUT2D eigenvalue weighted by molar-refractivity contribution is 5.41. The van der Waals surface area contributed by atoms with Crippen LogP contribution in [-0.4, -0.2) is 7.05 Å². The minimum atomic E-state index is 1.06. The van der Waals surface area contributed by atoms with Crippen molar-refractivity contribution in [3.63, 3.8) is 0 Å². The van der Waals surface area contributed by atoms with Crippen LogP contribution in [0.4, 0.5) is 5.69 Å². The zero-order valence-electron chi connectivity index (χ0n) is 9.53. The number of para-hydroxylation sites is 1. The first kappa shape index (κ1) is 13.2. The van der Waals surface area contributed by atoms with Gasteiger partial charge in [0.25, 0.3) is 0 Å². The van der Waals surface area contributed by atoms with Crippen molar-refractivity contribution >= 4 is 5.69 Å². The molecule has 1 aromatic rings. The summed E-state index contributed by atoms with van der Waals surface area (Å²) in [5.41, 5.74) is 2.22. The number of nitrogens with one attached hydrogen (secondary N) is 1. The normalized spacial score (nSPS) is 8.93. The molecule has 1 nitrogen and oxygen atoms in total. The largest absolute Gasteiger partial charge is 0.388 e. The molecule has 1 N–H and O–H groups in total. The van der Waals surface area contributed by atoms with Crippen LogP contribution < -0.4 is 5.32 Å². The maximum atomic E-state index is 3.66. The molecule has 1 rings (SSSR count). The summed E-state index contributed by atoms with van der Waals surface area (Å²) in [5.74, 6) is 0. The predicted octanol–water partition coefficient (Wildman–Crippen LogP) is 4.03. The molecule has 0 aromatic heterocycles. The second-order valence-corrected chi connectivity index (χ2v) is 3.06. The van der Waals surface area contributed by atoms with Crippen molar-refractivity contribution in [3.8, 4) is 0 Å². The number of rotatable bonds is 3. The molecule has 0 unspecified atom stereocenters. The van der Waals surface area contributed by atoms with E-state index in [4.69, 9.17) is 0 Å². The summed E-state index contributed by atoms with van der Waals surface area (Å²) in [5, 5.41) is 3.03. The summed E-state index contributed by atoms with van der Waals surface area (Å²) >= 11 is 0. The van der Waals surface area contributed by atoms with Crippen LogP contribution in [0.3, 0.4) is 0 Å². The van der Waals surface area contributed by atoms with Gasteiger partial charge in [-0.1, -0.05) is 55.2 Å². The highest BCUT2D eigenvalue weighted by atomic mass is 14.8. The van der Waals surface area contributed by atoms with E-state index < -0.39 is 0 Å². The fourth-order valence-corrected chi connectivity index (χ4v) is 0.837. The first-order valence-electron chi connectivity index (χ1n) is 4.88. The Morgan fingerprint density at radius 1 is 1.27 bits per heavy atom. The topological polar surface area (TPSA) is 12.0 Å². The van der Waals surface area contributed by atoms with E-state index in [0.29, 0.717) is 0 Å². The average Bonchev–Trinajstić information content (AvgIpc) is 2.28. The van der Waals surface area contributed by atoms with Crippen LogP contribution in [0.5, 0.6) is 0 Å². The highest BCUT2D eigenvalue weighted by Crippen LogP contribution is 2.01. The van der Waals surface area contributed by atoms with Crippen molar-refractivity contribution in [2.75, 3.05) is 12.4 Å². The SMILES string of the molecule is C=C/C=C\C(=C)C.CNc1ccccc1. The van der Waals surface area contributed by atoms with Gasteiger partial charge in [0.1, 0.15) is 0 Å². The van der Waals surface area contributed by atoms with Crippen molar-refractivity contribution in [2.45, 2.75) is 6.92 Å². The van der Waals surface area contributed by atoms with E-state index in [9.17, 15) is 0 Å². The Hall–Kier alpha value is -1.76. The lowest BCUT2D eigenvalue weighted by Crippen LogP contribution is -1.84. The van der Waals surface area contributed by atoms with Gasteiger partial charge in [-0.05, 0) is 19.1 Å². The molecule has 15 heavy (non-hydrogen) atoms. The van der Waals surface area contributed by atoms with Crippen LogP contribution in [0.2, 0.25) is 0 Å². The van der Waals surface area contributed by atoms with Crippen molar-refractivity contribution in [3.05, 3.63) is 67.3 Å². The molecule has 0 saturated carbocycles. The van der Waals surface area contributed by atoms with Crippen LogP contribution >= 0.6 is 0 Å². The van der Waals surface area contributed by atoms with Gasteiger partial charge < -0.3 is 5.32 Å². The van der Waals surface area contributed by atoms with Crippen LogP contribution in [-0.2, 0) is 0 Å². The monoisotopic (exact) mass is 201 g/mol. The quantitative estimate of drug-likeness (QED) is 0.728. The van der Waals surface area contributed by atoms with E-state index in [2.05, 4.69) is 18.5 Å². The molecular formula is C14H19N. The zero-order chi connectivity index (χ0) is 11.5. The number of hydrogen-bond donors (Lipinski definition) is 1. The van der Waals surface area contributed by atoms with Gasteiger partial charge in [0.05, 0.1) is 0 Å².